The van der Waals surface area contributed by atoms with E-state index in [9.17, 15) is 44.3 Å². The van der Waals surface area contributed by atoms with E-state index >= 15 is 0 Å². The molecule has 4 aromatic rings. The first kappa shape index (κ1) is 26.0. The summed E-state index contributed by atoms with van der Waals surface area (Å²) in [4.78, 5) is 16.5. The maximum absolute atomic E-state index is 13.6. The van der Waals surface area contributed by atoms with Crippen molar-refractivity contribution in [2.75, 3.05) is 0 Å². The van der Waals surface area contributed by atoms with Crippen LogP contribution in [-0.4, -0.2) is 26.7 Å². The van der Waals surface area contributed by atoms with E-state index in [1.165, 1.54) is 6.07 Å². The number of carbonyl (C=O) groups is 1. The summed E-state index contributed by atoms with van der Waals surface area (Å²) in [7, 11) is 0. The quantitative estimate of drug-likeness (QED) is 0.204. The van der Waals surface area contributed by atoms with Crippen LogP contribution in [0, 0.1) is 0 Å². The molecule has 0 bridgehead atoms. The average Bonchev–Trinajstić information content (AvgIpc) is 3.45. The third-order valence-electron chi connectivity index (χ3n) is 5.16. The van der Waals surface area contributed by atoms with Crippen LogP contribution in [0.3, 0.4) is 0 Å². The number of carbonyl (C=O) groups excluding carboxylic acids is 1. The van der Waals surface area contributed by atoms with Gasteiger partial charge in [-0.3, -0.25) is 4.79 Å². The number of rotatable bonds is 5. The van der Waals surface area contributed by atoms with Crippen molar-refractivity contribution in [3.63, 3.8) is 0 Å². The standard InChI is InChI=1S/C23H12F9N3O2/c24-21(25,26)14-5-1-3-12(9-14)11-35-18(19(36)23(30,31)32)17(34-20(35)16-7-8-33-37-16)13-4-2-6-15(10-13)22(27,28)29/h1-10H,11H2. The largest absolute Gasteiger partial charge is 0.456 e. The van der Waals surface area contributed by atoms with Gasteiger partial charge in [-0.25, -0.2) is 4.98 Å². The zero-order valence-electron chi connectivity index (χ0n) is 18.0. The normalized spacial score (nSPS) is 12.7. The van der Waals surface area contributed by atoms with Gasteiger partial charge in [-0.05, 0) is 29.8 Å². The number of ketones is 1. The summed E-state index contributed by atoms with van der Waals surface area (Å²) < 4.78 is 126. The van der Waals surface area contributed by atoms with E-state index in [1.807, 2.05) is 0 Å². The lowest BCUT2D eigenvalue weighted by atomic mass is 10.0. The molecule has 2 heterocycles. The average molecular weight is 533 g/mol. The van der Waals surface area contributed by atoms with E-state index < -0.39 is 64.8 Å². The molecule has 0 aliphatic heterocycles. The fourth-order valence-electron chi connectivity index (χ4n) is 3.56. The van der Waals surface area contributed by atoms with Gasteiger partial charge in [0.15, 0.2) is 5.82 Å². The zero-order chi connectivity index (χ0) is 27.2. The number of imidazole rings is 1. The molecule has 0 unspecified atom stereocenters. The molecule has 14 heteroatoms. The van der Waals surface area contributed by atoms with Crippen molar-refractivity contribution in [3.05, 3.63) is 83.2 Å². The maximum Gasteiger partial charge on any atom is 0.456 e. The summed E-state index contributed by atoms with van der Waals surface area (Å²) >= 11 is 0. The minimum absolute atomic E-state index is 0.167. The van der Waals surface area contributed by atoms with Gasteiger partial charge >= 0.3 is 18.5 Å². The Morgan fingerprint density at radius 3 is 2.03 bits per heavy atom. The highest BCUT2D eigenvalue weighted by Crippen LogP contribution is 2.37. The SMILES string of the molecule is O=C(c1c(-c2cccc(C(F)(F)F)c2)nc(-c2ccno2)n1Cc1cccc(C(F)(F)F)c1)C(F)(F)F. The maximum atomic E-state index is 13.6. The Hall–Kier alpha value is -4.10. The highest BCUT2D eigenvalue weighted by Gasteiger charge is 2.44. The number of aromatic nitrogens is 3. The number of hydrogen-bond acceptors (Lipinski definition) is 4. The third kappa shape index (κ3) is 5.37. The molecule has 2 aromatic heterocycles. The van der Waals surface area contributed by atoms with E-state index in [2.05, 4.69) is 10.1 Å². The molecule has 194 valence electrons. The van der Waals surface area contributed by atoms with Crippen LogP contribution in [-0.2, 0) is 18.9 Å². The van der Waals surface area contributed by atoms with Crippen LogP contribution in [0.2, 0.25) is 0 Å². The molecule has 37 heavy (non-hydrogen) atoms. The van der Waals surface area contributed by atoms with Gasteiger partial charge in [0.2, 0.25) is 5.76 Å². The van der Waals surface area contributed by atoms with E-state index in [-0.39, 0.29) is 11.3 Å². The van der Waals surface area contributed by atoms with Crippen LogP contribution < -0.4 is 0 Å². The summed E-state index contributed by atoms with van der Waals surface area (Å²) in [5, 5.41) is 3.41. The Bertz CT molecular complexity index is 1430. The van der Waals surface area contributed by atoms with Crippen molar-refractivity contribution in [2.45, 2.75) is 25.1 Å². The second-order valence-electron chi connectivity index (χ2n) is 7.70. The highest BCUT2D eigenvalue weighted by atomic mass is 19.4. The molecule has 5 nitrogen and oxygen atoms in total. The van der Waals surface area contributed by atoms with Crippen LogP contribution in [0.1, 0.15) is 27.2 Å². The van der Waals surface area contributed by atoms with Crippen LogP contribution in [0.15, 0.2) is 65.3 Å². The Morgan fingerprint density at radius 1 is 0.838 bits per heavy atom. The Labute approximate surface area is 201 Å². The first-order valence-electron chi connectivity index (χ1n) is 10.1. The lowest BCUT2D eigenvalue weighted by Gasteiger charge is -2.14. The molecule has 0 radical (unpaired) electrons. The predicted octanol–water partition coefficient (Wildman–Crippen LogP) is 7.04. The van der Waals surface area contributed by atoms with E-state index in [0.29, 0.717) is 22.8 Å². The Morgan fingerprint density at radius 2 is 1.46 bits per heavy atom. The van der Waals surface area contributed by atoms with Crippen molar-refractivity contribution < 1.29 is 48.8 Å². The van der Waals surface area contributed by atoms with Crippen molar-refractivity contribution in [1.82, 2.24) is 14.7 Å². The lowest BCUT2D eigenvalue weighted by Crippen LogP contribution is -2.26. The molecule has 4 rings (SSSR count). The molecule has 0 saturated carbocycles. The van der Waals surface area contributed by atoms with E-state index in [0.717, 1.165) is 36.5 Å². The monoisotopic (exact) mass is 533 g/mol. The smallest absolute Gasteiger partial charge is 0.353 e. The summed E-state index contributed by atoms with van der Waals surface area (Å²) in [5.41, 5.74) is -4.93. The Kier molecular flexibility index (Phi) is 6.38. The highest BCUT2D eigenvalue weighted by molar-refractivity contribution is 6.04. The van der Waals surface area contributed by atoms with E-state index in [1.54, 1.807) is 0 Å². The molecule has 2 aromatic carbocycles. The van der Waals surface area contributed by atoms with Gasteiger partial charge in [0.25, 0.3) is 5.78 Å². The number of halogens is 9. The van der Waals surface area contributed by atoms with Crippen molar-refractivity contribution in [2.24, 2.45) is 0 Å². The Balaban J connectivity index is 1.99. The first-order valence-corrected chi connectivity index (χ1v) is 10.1. The molecular formula is C23H12F9N3O2. The van der Waals surface area contributed by atoms with Gasteiger partial charge < -0.3 is 9.09 Å². The molecule has 0 N–H and O–H groups in total. The molecule has 0 spiro atoms. The fraction of sp³-hybridized carbons (Fsp3) is 0.174. The third-order valence-corrected chi connectivity index (χ3v) is 5.16. The zero-order valence-corrected chi connectivity index (χ0v) is 18.0. The van der Waals surface area contributed by atoms with Gasteiger partial charge in [-0.15, -0.1) is 0 Å². The van der Waals surface area contributed by atoms with Crippen molar-refractivity contribution in [1.29, 1.82) is 0 Å². The minimum atomic E-state index is -5.50. The number of alkyl halides is 9. The summed E-state index contributed by atoms with van der Waals surface area (Å²) in [5.74, 6) is -3.21. The van der Waals surface area contributed by atoms with Crippen molar-refractivity contribution in [3.8, 4) is 22.8 Å². The molecule has 0 aliphatic carbocycles. The molecule has 0 aliphatic rings. The second kappa shape index (κ2) is 9.09. The molecule has 0 fully saturated rings. The fourth-order valence-corrected chi connectivity index (χ4v) is 3.56. The first-order chi connectivity index (χ1) is 17.2. The van der Waals surface area contributed by atoms with Gasteiger partial charge in [-0.1, -0.05) is 29.4 Å². The van der Waals surface area contributed by atoms with E-state index in [4.69, 9.17) is 4.52 Å². The minimum Gasteiger partial charge on any atom is -0.353 e. The summed E-state index contributed by atoms with van der Waals surface area (Å²) in [6.45, 7) is -0.733. The molecule has 0 atom stereocenters. The number of benzene rings is 2. The van der Waals surface area contributed by atoms with Gasteiger partial charge in [0.05, 0.1) is 17.3 Å². The van der Waals surface area contributed by atoms with Crippen molar-refractivity contribution >= 4 is 5.78 Å². The molecule has 0 amide bonds. The molecule has 0 saturated heterocycles. The van der Waals surface area contributed by atoms with Crippen LogP contribution in [0.25, 0.3) is 22.8 Å². The van der Waals surface area contributed by atoms with Gasteiger partial charge in [-0.2, -0.15) is 39.5 Å². The summed E-state index contributed by atoms with van der Waals surface area (Å²) in [6, 6.07) is 7.86. The van der Waals surface area contributed by atoms with Crippen LogP contribution in [0.5, 0.6) is 0 Å². The lowest BCUT2D eigenvalue weighted by molar-refractivity contribution is -0.138. The van der Waals surface area contributed by atoms with Gasteiger partial charge in [0, 0.05) is 18.2 Å². The number of hydrogen-bond donors (Lipinski definition) is 0. The number of Topliss-reactive ketones (excluding diaryl/α,β-unsaturated/α-hetero) is 1. The predicted molar refractivity (Wildman–Crippen MR) is 109 cm³/mol. The topological polar surface area (TPSA) is 60.9 Å². The molecular weight excluding hydrogens is 521 g/mol. The van der Waals surface area contributed by atoms with Crippen LogP contribution in [0.4, 0.5) is 39.5 Å². The second-order valence-corrected chi connectivity index (χ2v) is 7.70. The number of nitrogens with zero attached hydrogens (tertiary/aromatic N) is 3. The summed E-state index contributed by atoms with van der Waals surface area (Å²) in [6.07, 6.45) is -14.0. The van der Waals surface area contributed by atoms with Gasteiger partial charge in [0.1, 0.15) is 11.4 Å². The van der Waals surface area contributed by atoms with Crippen LogP contribution >= 0.6 is 0 Å².